The summed E-state index contributed by atoms with van der Waals surface area (Å²) in [5.41, 5.74) is 7.39. The highest BCUT2D eigenvalue weighted by molar-refractivity contribution is 5.83. The van der Waals surface area contributed by atoms with Crippen molar-refractivity contribution in [2.24, 2.45) is 5.73 Å². The van der Waals surface area contributed by atoms with Gasteiger partial charge in [0, 0.05) is 19.3 Å². The van der Waals surface area contributed by atoms with E-state index in [1.54, 1.807) is 10.8 Å². The van der Waals surface area contributed by atoms with Gasteiger partial charge in [-0.1, -0.05) is 18.2 Å². The van der Waals surface area contributed by atoms with Crippen molar-refractivity contribution in [3.8, 4) is 0 Å². The number of hydrogen-bond donors (Lipinski definition) is 1. The summed E-state index contributed by atoms with van der Waals surface area (Å²) in [6.45, 7) is 0.0771. The highest BCUT2D eigenvalue weighted by Gasteiger charge is 2.28. The van der Waals surface area contributed by atoms with E-state index in [1.165, 1.54) is 0 Å². The van der Waals surface area contributed by atoms with Crippen molar-refractivity contribution in [1.82, 2.24) is 4.57 Å². The number of rotatable bonds is 4. The van der Waals surface area contributed by atoms with Gasteiger partial charge in [0.25, 0.3) is 0 Å². The number of para-hydroxylation sites is 1. The van der Waals surface area contributed by atoms with Crippen LogP contribution in [-0.2, 0) is 17.8 Å². The van der Waals surface area contributed by atoms with Crippen molar-refractivity contribution in [1.29, 1.82) is 0 Å². The van der Waals surface area contributed by atoms with E-state index in [4.69, 9.17) is 5.73 Å². The molecule has 3 nitrogen and oxygen atoms in total. The third-order valence-corrected chi connectivity index (χ3v) is 2.69. The standard InChI is InChI=1S/C12H13F3N2O/c13-12(14,15)18-7-6-17-5-4-9-2-1-3-10(8-16)11(9)17/h1-5H,6-8,16H2. The Morgan fingerprint density at radius 1 is 1.22 bits per heavy atom. The molecule has 2 aromatic rings. The van der Waals surface area contributed by atoms with Crippen molar-refractivity contribution in [2.75, 3.05) is 6.61 Å². The predicted molar refractivity (Wildman–Crippen MR) is 61.8 cm³/mol. The van der Waals surface area contributed by atoms with Crippen molar-refractivity contribution >= 4 is 10.9 Å². The van der Waals surface area contributed by atoms with E-state index in [2.05, 4.69) is 4.74 Å². The summed E-state index contributed by atoms with van der Waals surface area (Å²) in [5.74, 6) is 0. The number of aromatic nitrogens is 1. The highest BCUT2D eigenvalue weighted by atomic mass is 19.4. The van der Waals surface area contributed by atoms with Crippen LogP contribution in [0.5, 0.6) is 0 Å². The molecule has 18 heavy (non-hydrogen) atoms. The van der Waals surface area contributed by atoms with Gasteiger partial charge >= 0.3 is 6.36 Å². The summed E-state index contributed by atoms with van der Waals surface area (Å²) in [4.78, 5) is 0. The number of nitrogens with zero attached hydrogens (tertiary/aromatic N) is 1. The minimum absolute atomic E-state index is 0.139. The average molecular weight is 258 g/mol. The second kappa shape index (κ2) is 4.99. The normalized spacial score (nSPS) is 12.2. The van der Waals surface area contributed by atoms with Crippen LogP contribution in [0.15, 0.2) is 30.5 Å². The molecule has 0 atom stereocenters. The monoisotopic (exact) mass is 258 g/mol. The van der Waals surface area contributed by atoms with Crippen molar-refractivity contribution in [3.05, 3.63) is 36.0 Å². The SMILES string of the molecule is NCc1cccc2ccn(CCOC(F)(F)F)c12. The zero-order chi connectivity index (χ0) is 13.2. The first kappa shape index (κ1) is 12.9. The Labute approximate surface area is 102 Å². The van der Waals surface area contributed by atoms with Gasteiger partial charge in [0.15, 0.2) is 0 Å². The van der Waals surface area contributed by atoms with Crippen LogP contribution in [0.1, 0.15) is 5.56 Å². The summed E-state index contributed by atoms with van der Waals surface area (Å²) in [5, 5.41) is 0.963. The number of halogens is 3. The third kappa shape index (κ3) is 2.83. The summed E-state index contributed by atoms with van der Waals surface area (Å²) < 4.78 is 41.2. The lowest BCUT2D eigenvalue weighted by atomic mass is 10.1. The molecule has 0 fully saturated rings. The van der Waals surface area contributed by atoms with Crippen LogP contribution in [0.4, 0.5) is 13.2 Å². The Morgan fingerprint density at radius 2 is 2.00 bits per heavy atom. The van der Waals surface area contributed by atoms with E-state index >= 15 is 0 Å². The first-order chi connectivity index (χ1) is 8.51. The van der Waals surface area contributed by atoms with Gasteiger partial charge in [0.05, 0.1) is 12.1 Å². The zero-order valence-corrected chi connectivity index (χ0v) is 9.57. The summed E-state index contributed by atoms with van der Waals surface area (Å²) in [6, 6.07) is 7.49. The van der Waals surface area contributed by atoms with E-state index in [1.807, 2.05) is 24.3 Å². The highest BCUT2D eigenvalue weighted by Crippen LogP contribution is 2.21. The lowest BCUT2D eigenvalue weighted by molar-refractivity contribution is -0.325. The number of hydrogen-bond acceptors (Lipinski definition) is 2. The second-order valence-electron chi connectivity index (χ2n) is 3.86. The van der Waals surface area contributed by atoms with E-state index in [9.17, 15) is 13.2 Å². The number of ether oxygens (including phenoxy) is 1. The molecule has 0 saturated carbocycles. The largest absolute Gasteiger partial charge is 0.522 e. The molecule has 6 heteroatoms. The van der Waals surface area contributed by atoms with Crippen molar-refractivity contribution < 1.29 is 17.9 Å². The van der Waals surface area contributed by atoms with E-state index in [0.717, 1.165) is 16.5 Å². The molecule has 0 aliphatic carbocycles. The van der Waals surface area contributed by atoms with Crippen LogP contribution < -0.4 is 5.73 Å². The first-order valence-corrected chi connectivity index (χ1v) is 5.49. The quantitative estimate of drug-likeness (QED) is 0.915. The molecule has 0 aliphatic heterocycles. The first-order valence-electron chi connectivity index (χ1n) is 5.49. The smallest absolute Gasteiger partial charge is 0.345 e. The Balaban J connectivity index is 2.18. The molecule has 0 amide bonds. The van der Waals surface area contributed by atoms with Gasteiger partial charge in [-0.05, 0) is 17.0 Å². The fourth-order valence-electron chi connectivity index (χ4n) is 1.95. The Bertz CT molecular complexity index is 534. The van der Waals surface area contributed by atoms with E-state index in [-0.39, 0.29) is 6.54 Å². The molecule has 1 aromatic carbocycles. The Morgan fingerprint density at radius 3 is 2.67 bits per heavy atom. The maximum Gasteiger partial charge on any atom is 0.522 e. The van der Waals surface area contributed by atoms with Gasteiger partial charge in [0.1, 0.15) is 0 Å². The average Bonchev–Trinajstić information content (AvgIpc) is 2.71. The number of alkyl halides is 3. The van der Waals surface area contributed by atoms with Crippen LogP contribution in [-0.4, -0.2) is 17.5 Å². The lowest BCUT2D eigenvalue weighted by Gasteiger charge is -2.10. The number of benzene rings is 1. The maximum atomic E-state index is 11.9. The Kier molecular flexibility index (Phi) is 3.58. The summed E-state index contributed by atoms with van der Waals surface area (Å²) in [7, 11) is 0. The number of fused-ring (bicyclic) bond motifs is 1. The van der Waals surface area contributed by atoms with Gasteiger partial charge < -0.3 is 10.3 Å². The molecule has 98 valence electrons. The van der Waals surface area contributed by atoms with Gasteiger partial charge in [0.2, 0.25) is 0 Å². The minimum atomic E-state index is -4.58. The summed E-state index contributed by atoms with van der Waals surface area (Å²) >= 11 is 0. The molecule has 0 aliphatic rings. The van der Waals surface area contributed by atoms with E-state index in [0.29, 0.717) is 6.54 Å². The molecule has 2 N–H and O–H groups in total. The zero-order valence-electron chi connectivity index (χ0n) is 9.57. The molecule has 0 bridgehead atoms. The summed E-state index contributed by atoms with van der Waals surface area (Å²) in [6.07, 6.45) is -2.84. The molecule has 0 radical (unpaired) electrons. The predicted octanol–water partition coefficient (Wildman–Crippen LogP) is 2.64. The molecule has 1 aromatic heterocycles. The van der Waals surface area contributed by atoms with Crippen molar-refractivity contribution in [2.45, 2.75) is 19.5 Å². The van der Waals surface area contributed by atoms with Gasteiger partial charge in [-0.15, -0.1) is 13.2 Å². The van der Waals surface area contributed by atoms with Crippen LogP contribution in [0.3, 0.4) is 0 Å². The van der Waals surface area contributed by atoms with Crippen LogP contribution in [0, 0.1) is 0 Å². The fraction of sp³-hybridized carbons (Fsp3) is 0.333. The van der Waals surface area contributed by atoms with Crippen LogP contribution in [0.25, 0.3) is 10.9 Å². The van der Waals surface area contributed by atoms with Crippen LogP contribution >= 0.6 is 0 Å². The third-order valence-electron chi connectivity index (χ3n) is 2.69. The van der Waals surface area contributed by atoms with Gasteiger partial charge in [-0.25, -0.2) is 0 Å². The molecule has 0 unspecified atom stereocenters. The molecule has 0 spiro atoms. The topological polar surface area (TPSA) is 40.2 Å². The molecule has 2 rings (SSSR count). The van der Waals surface area contributed by atoms with Gasteiger partial charge in [-0.2, -0.15) is 0 Å². The molecular formula is C12H13F3N2O. The van der Waals surface area contributed by atoms with Crippen LogP contribution in [0.2, 0.25) is 0 Å². The molecule has 0 saturated heterocycles. The van der Waals surface area contributed by atoms with E-state index < -0.39 is 13.0 Å². The molecule has 1 heterocycles. The maximum absolute atomic E-state index is 11.9. The lowest BCUT2D eigenvalue weighted by Crippen LogP contribution is -2.17. The van der Waals surface area contributed by atoms with Crippen molar-refractivity contribution in [3.63, 3.8) is 0 Å². The Hall–Kier alpha value is -1.53. The number of nitrogens with two attached hydrogens (primary N) is 1. The second-order valence-corrected chi connectivity index (χ2v) is 3.86. The molecular weight excluding hydrogens is 245 g/mol. The minimum Gasteiger partial charge on any atom is -0.345 e. The fourth-order valence-corrected chi connectivity index (χ4v) is 1.95. The van der Waals surface area contributed by atoms with Gasteiger partial charge in [-0.3, -0.25) is 4.74 Å².